The molecule has 0 spiro atoms. The molecule has 1 aromatic carbocycles. The van der Waals surface area contributed by atoms with Crippen molar-refractivity contribution in [3.63, 3.8) is 0 Å². The molecule has 17 heavy (non-hydrogen) atoms. The molecule has 0 unspecified atom stereocenters. The maximum atomic E-state index is 5.70. The first-order chi connectivity index (χ1) is 8.11. The number of benzene rings is 1. The molecule has 1 aromatic rings. The van der Waals surface area contributed by atoms with E-state index in [2.05, 4.69) is 11.6 Å². The second-order valence-corrected chi connectivity index (χ2v) is 5.52. The monoisotopic (exact) mass is 253 g/mol. The van der Waals surface area contributed by atoms with Crippen molar-refractivity contribution in [2.24, 2.45) is 0 Å². The molecule has 0 atom stereocenters. The highest BCUT2D eigenvalue weighted by molar-refractivity contribution is 7.98. The zero-order valence-corrected chi connectivity index (χ0v) is 11.4. The van der Waals surface area contributed by atoms with Crippen LogP contribution < -0.4 is 14.8 Å². The normalized spacial score (nSPS) is 15.9. The number of nitrogens with one attached hydrogen (secondary N) is 1. The Hall–Kier alpha value is -1.03. The molecule has 0 fully saturated rings. The molecule has 2 rings (SSSR count). The van der Waals surface area contributed by atoms with Crippen molar-refractivity contribution in [2.75, 3.05) is 23.9 Å². The number of thioether (sulfide) groups is 1. The smallest absolute Gasteiger partial charge is 0.246 e. The van der Waals surface area contributed by atoms with Gasteiger partial charge in [0.15, 0.2) is 11.5 Å². The van der Waals surface area contributed by atoms with Crippen LogP contribution in [0.5, 0.6) is 11.5 Å². The van der Waals surface area contributed by atoms with Gasteiger partial charge in [0.25, 0.3) is 0 Å². The van der Waals surface area contributed by atoms with Gasteiger partial charge >= 0.3 is 0 Å². The van der Waals surface area contributed by atoms with Gasteiger partial charge in [-0.05, 0) is 30.6 Å². The van der Waals surface area contributed by atoms with E-state index >= 15 is 0 Å². The summed E-state index contributed by atoms with van der Waals surface area (Å²) in [4.78, 5) is 0. The zero-order chi connectivity index (χ0) is 12.3. The fourth-order valence-corrected chi connectivity index (χ4v) is 2.21. The van der Waals surface area contributed by atoms with E-state index in [9.17, 15) is 0 Å². The van der Waals surface area contributed by atoms with Gasteiger partial charge in [0, 0.05) is 32.1 Å². The lowest BCUT2D eigenvalue weighted by Crippen LogP contribution is -2.29. The van der Waals surface area contributed by atoms with Gasteiger partial charge in [-0.3, -0.25) is 0 Å². The molecule has 94 valence electrons. The molecule has 0 amide bonds. The van der Waals surface area contributed by atoms with Gasteiger partial charge in [0.05, 0.1) is 0 Å². The number of hydrogen-bond donors (Lipinski definition) is 1. The Balaban J connectivity index is 1.94. The molecule has 1 aliphatic rings. The van der Waals surface area contributed by atoms with Crippen molar-refractivity contribution in [1.29, 1.82) is 0 Å². The highest BCUT2D eigenvalue weighted by Crippen LogP contribution is 2.40. The SMILES string of the molecule is CSCCCNc1ccc2c(c1)OC(C)(C)O2. The summed E-state index contributed by atoms with van der Waals surface area (Å²) in [5.41, 5.74) is 1.09. The number of rotatable bonds is 5. The van der Waals surface area contributed by atoms with Crippen molar-refractivity contribution in [3.8, 4) is 11.5 Å². The Morgan fingerprint density at radius 3 is 2.76 bits per heavy atom. The number of ether oxygens (including phenoxy) is 2. The van der Waals surface area contributed by atoms with Gasteiger partial charge in [0.1, 0.15) is 0 Å². The molecule has 0 aromatic heterocycles. The lowest BCUT2D eigenvalue weighted by molar-refractivity contribution is -0.0431. The molecular weight excluding hydrogens is 234 g/mol. The van der Waals surface area contributed by atoms with E-state index in [0.717, 1.165) is 23.7 Å². The van der Waals surface area contributed by atoms with E-state index in [1.165, 1.54) is 12.2 Å². The van der Waals surface area contributed by atoms with Gasteiger partial charge in [-0.15, -0.1) is 0 Å². The molecule has 0 saturated carbocycles. The Morgan fingerprint density at radius 1 is 1.24 bits per heavy atom. The van der Waals surface area contributed by atoms with E-state index in [0.29, 0.717) is 0 Å². The minimum Gasteiger partial charge on any atom is -0.449 e. The predicted molar refractivity (Wildman–Crippen MR) is 73.3 cm³/mol. The van der Waals surface area contributed by atoms with Crippen LogP contribution in [0.3, 0.4) is 0 Å². The quantitative estimate of drug-likeness (QED) is 0.815. The van der Waals surface area contributed by atoms with E-state index in [1.54, 1.807) is 0 Å². The second kappa shape index (κ2) is 5.08. The summed E-state index contributed by atoms with van der Waals surface area (Å²) in [6, 6.07) is 5.99. The first-order valence-electron chi connectivity index (χ1n) is 5.86. The average molecular weight is 253 g/mol. The van der Waals surface area contributed by atoms with Crippen LogP contribution in [0.25, 0.3) is 0 Å². The van der Waals surface area contributed by atoms with E-state index in [-0.39, 0.29) is 0 Å². The highest BCUT2D eigenvalue weighted by atomic mass is 32.2. The first-order valence-corrected chi connectivity index (χ1v) is 7.25. The Bertz CT molecular complexity index is 393. The zero-order valence-electron chi connectivity index (χ0n) is 10.6. The molecule has 1 heterocycles. The van der Waals surface area contributed by atoms with Crippen LogP contribution in [0.1, 0.15) is 20.3 Å². The molecule has 4 heteroatoms. The van der Waals surface area contributed by atoms with E-state index < -0.39 is 5.79 Å². The summed E-state index contributed by atoms with van der Waals surface area (Å²) in [7, 11) is 0. The van der Waals surface area contributed by atoms with Crippen LogP contribution in [0.15, 0.2) is 18.2 Å². The maximum absolute atomic E-state index is 5.70. The summed E-state index contributed by atoms with van der Waals surface area (Å²) in [5, 5.41) is 3.39. The number of hydrogen-bond acceptors (Lipinski definition) is 4. The van der Waals surface area contributed by atoms with Crippen LogP contribution in [-0.4, -0.2) is 24.3 Å². The van der Waals surface area contributed by atoms with Crippen molar-refractivity contribution in [1.82, 2.24) is 0 Å². The molecule has 0 bridgehead atoms. The lowest BCUT2D eigenvalue weighted by atomic mass is 10.2. The summed E-state index contributed by atoms with van der Waals surface area (Å²) >= 11 is 1.87. The van der Waals surface area contributed by atoms with Gasteiger partial charge in [0.2, 0.25) is 5.79 Å². The fourth-order valence-electron chi connectivity index (χ4n) is 1.78. The van der Waals surface area contributed by atoms with Gasteiger partial charge in [-0.2, -0.15) is 11.8 Å². The first kappa shape index (κ1) is 12.4. The molecule has 0 saturated heterocycles. The van der Waals surface area contributed by atoms with Gasteiger partial charge in [-0.25, -0.2) is 0 Å². The summed E-state index contributed by atoms with van der Waals surface area (Å²) in [6.45, 7) is 4.82. The minimum atomic E-state index is -0.542. The highest BCUT2D eigenvalue weighted by Gasteiger charge is 2.31. The van der Waals surface area contributed by atoms with Crippen LogP contribution in [0.2, 0.25) is 0 Å². The summed E-state index contributed by atoms with van der Waals surface area (Å²) in [5.74, 6) is 2.29. The van der Waals surface area contributed by atoms with Crippen molar-refractivity contribution >= 4 is 17.4 Å². The summed E-state index contributed by atoms with van der Waals surface area (Å²) in [6.07, 6.45) is 3.30. The largest absolute Gasteiger partial charge is 0.449 e. The average Bonchev–Trinajstić information content (AvgIpc) is 2.57. The van der Waals surface area contributed by atoms with Crippen molar-refractivity contribution < 1.29 is 9.47 Å². The molecule has 1 aliphatic heterocycles. The Morgan fingerprint density at radius 2 is 2.00 bits per heavy atom. The van der Waals surface area contributed by atoms with Crippen LogP contribution >= 0.6 is 11.8 Å². The van der Waals surface area contributed by atoms with Gasteiger partial charge < -0.3 is 14.8 Å². The molecule has 1 N–H and O–H groups in total. The molecular formula is C13H19NO2S. The van der Waals surface area contributed by atoms with Crippen LogP contribution in [0, 0.1) is 0 Å². The van der Waals surface area contributed by atoms with Crippen LogP contribution in [0.4, 0.5) is 5.69 Å². The third kappa shape index (κ3) is 3.22. The lowest BCUT2D eigenvalue weighted by Gasteiger charge is -2.16. The third-order valence-electron chi connectivity index (χ3n) is 2.51. The standard InChI is InChI=1S/C13H19NO2S/c1-13(2)15-11-6-5-10(9-12(11)16-13)14-7-4-8-17-3/h5-6,9,14H,4,7-8H2,1-3H3. The van der Waals surface area contributed by atoms with Crippen molar-refractivity contribution in [2.45, 2.75) is 26.1 Å². The van der Waals surface area contributed by atoms with Gasteiger partial charge in [-0.1, -0.05) is 0 Å². The topological polar surface area (TPSA) is 30.5 Å². The van der Waals surface area contributed by atoms with Crippen molar-refractivity contribution in [3.05, 3.63) is 18.2 Å². The third-order valence-corrected chi connectivity index (χ3v) is 3.21. The Labute approximate surface area is 107 Å². The fraction of sp³-hybridized carbons (Fsp3) is 0.538. The summed E-state index contributed by atoms with van der Waals surface area (Å²) < 4.78 is 11.3. The molecule has 0 radical (unpaired) electrons. The predicted octanol–water partition coefficient (Wildman–Crippen LogP) is 3.36. The van der Waals surface area contributed by atoms with E-state index in [1.807, 2.05) is 43.8 Å². The number of fused-ring (bicyclic) bond motifs is 1. The van der Waals surface area contributed by atoms with Crippen LogP contribution in [-0.2, 0) is 0 Å². The molecule has 3 nitrogen and oxygen atoms in total. The second-order valence-electron chi connectivity index (χ2n) is 4.54. The number of anilines is 1. The minimum absolute atomic E-state index is 0.542. The van der Waals surface area contributed by atoms with E-state index in [4.69, 9.17) is 9.47 Å². The Kier molecular flexibility index (Phi) is 3.72. The maximum Gasteiger partial charge on any atom is 0.246 e. The molecule has 0 aliphatic carbocycles.